The van der Waals surface area contributed by atoms with Gasteiger partial charge in [-0.2, -0.15) is 0 Å². The highest BCUT2D eigenvalue weighted by molar-refractivity contribution is 7.69. The van der Waals surface area contributed by atoms with Crippen molar-refractivity contribution < 1.29 is 0 Å². The van der Waals surface area contributed by atoms with Crippen LogP contribution in [0.4, 0.5) is 0 Å². The highest BCUT2D eigenvalue weighted by atomic mass is 35.7. The fourth-order valence-electron chi connectivity index (χ4n) is 4.65. The van der Waals surface area contributed by atoms with E-state index in [2.05, 4.69) is 140 Å². The molecular weight excluding hydrogens is 439 g/mol. The zero-order valence-electron chi connectivity index (χ0n) is 18.2. The molecule has 0 radical (unpaired) electrons. The highest BCUT2D eigenvalue weighted by Gasteiger charge is 2.38. The molecule has 0 fully saturated rings. The van der Waals surface area contributed by atoms with Gasteiger partial charge in [-0.3, -0.25) is 0 Å². The van der Waals surface area contributed by atoms with E-state index < -0.39 is 5.16 Å². The lowest BCUT2D eigenvalue weighted by molar-refractivity contribution is 0.897. The van der Waals surface area contributed by atoms with Crippen LogP contribution in [0.15, 0.2) is 140 Å². The largest absolute Gasteiger partial charge is 0.0984 e. The Morgan fingerprint density at radius 1 is 0.455 bits per heavy atom. The minimum Gasteiger partial charge on any atom is -0.0984 e. The van der Waals surface area contributed by atoms with E-state index in [0.29, 0.717) is 0 Å². The number of hydrogen-bond donors (Lipinski definition) is 0. The summed E-state index contributed by atoms with van der Waals surface area (Å²) in [5, 5.41) is -0.472. The van der Waals surface area contributed by atoms with E-state index in [0.717, 1.165) is 0 Å². The lowest BCUT2D eigenvalue weighted by atomic mass is 9.78. The van der Waals surface area contributed by atoms with E-state index in [1.807, 2.05) is 0 Å². The van der Waals surface area contributed by atoms with Crippen LogP contribution in [0.2, 0.25) is 0 Å². The molecule has 5 rings (SSSR count). The zero-order chi connectivity index (χ0) is 22.5. The summed E-state index contributed by atoms with van der Waals surface area (Å²) in [6, 6.07) is 49.3. The second-order valence-corrected chi connectivity index (χ2v) is 9.54. The van der Waals surface area contributed by atoms with Crippen molar-refractivity contribution in [3.63, 3.8) is 0 Å². The molecule has 0 saturated heterocycles. The van der Waals surface area contributed by atoms with Crippen molar-refractivity contribution in [2.75, 3.05) is 0 Å². The first-order valence-corrected chi connectivity index (χ1v) is 13.1. The van der Waals surface area contributed by atoms with Crippen LogP contribution in [-0.4, -0.2) is 0 Å². The Labute approximate surface area is 202 Å². The molecular formula is C31H24ClP. The first kappa shape index (κ1) is 21.7. The normalized spacial score (nSPS) is 11.7. The zero-order valence-corrected chi connectivity index (χ0v) is 19.9. The summed E-state index contributed by atoms with van der Waals surface area (Å²) in [5.41, 5.74) is 8.46. The van der Waals surface area contributed by atoms with Gasteiger partial charge in [-0.05, 0) is 46.9 Å². The Hall–Kier alpha value is -3.18. The predicted octanol–water partition coefficient (Wildman–Crippen LogP) is 9.14. The fraction of sp³-hybridized carbons (Fsp3) is 0.0323. The van der Waals surface area contributed by atoms with Crippen LogP contribution < -0.4 is 0 Å². The molecule has 0 heterocycles. The summed E-state index contributed by atoms with van der Waals surface area (Å²) >= 11 is 7.01. The molecule has 5 aromatic carbocycles. The van der Waals surface area contributed by atoms with Gasteiger partial charge in [0.25, 0.3) is 0 Å². The van der Waals surface area contributed by atoms with Crippen molar-refractivity contribution in [3.05, 3.63) is 156 Å². The highest BCUT2D eigenvalue weighted by Crippen LogP contribution is 2.57. The van der Waals surface area contributed by atoms with E-state index in [1.165, 1.54) is 38.9 Å². The molecule has 5 aromatic rings. The Balaban J connectivity index is 1.91. The molecule has 2 heteroatoms. The summed E-state index contributed by atoms with van der Waals surface area (Å²) in [4.78, 5) is 0. The maximum atomic E-state index is 7.01. The maximum absolute atomic E-state index is 7.01. The molecule has 0 N–H and O–H groups in total. The molecule has 0 saturated carbocycles. The van der Waals surface area contributed by atoms with Gasteiger partial charge in [-0.1, -0.05) is 151 Å². The third kappa shape index (κ3) is 4.02. The smallest absolute Gasteiger partial charge is 0.0769 e. The summed E-state index contributed by atoms with van der Waals surface area (Å²) < 4.78 is 0. The van der Waals surface area contributed by atoms with Crippen LogP contribution in [0.3, 0.4) is 0 Å². The standard InChI is InChI=1S/C31H24ClP/c32-33-31(26-18-9-3-10-19-26,27-20-11-4-12-21-27)29-23-13-22-28(24-14-5-1-6-15-24)30(29)25-16-7-2-8-17-25/h1-23,33H. The van der Waals surface area contributed by atoms with Crippen LogP contribution in [0.1, 0.15) is 16.7 Å². The van der Waals surface area contributed by atoms with Gasteiger partial charge in [0, 0.05) is 0 Å². The van der Waals surface area contributed by atoms with E-state index >= 15 is 0 Å². The molecule has 1 unspecified atom stereocenters. The molecule has 160 valence electrons. The van der Waals surface area contributed by atoms with Gasteiger partial charge in [0.2, 0.25) is 0 Å². The number of halogens is 1. The maximum Gasteiger partial charge on any atom is 0.0769 e. The average molecular weight is 463 g/mol. The third-order valence-corrected chi connectivity index (χ3v) is 8.15. The Morgan fingerprint density at radius 2 is 0.909 bits per heavy atom. The van der Waals surface area contributed by atoms with Crippen molar-refractivity contribution in [2.45, 2.75) is 5.16 Å². The summed E-state index contributed by atoms with van der Waals surface area (Å²) in [7, 11) is 0.119. The van der Waals surface area contributed by atoms with Crippen LogP contribution in [-0.2, 0) is 5.16 Å². The number of hydrogen-bond acceptors (Lipinski definition) is 0. The molecule has 0 aliphatic heterocycles. The molecule has 0 bridgehead atoms. The van der Waals surface area contributed by atoms with E-state index in [9.17, 15) is 0 Å². The number of benzene rings is 5. The van der Waals surface area contributed by atoms with Crippen molar-refractivity contribution in [1.82, 2.24) is 0 Å². The minimum atomic E-state index is -0.472. The lowest BCUT2D eigenvalue weighted by Gasteiger charge is -2.36. The topological polar surface area (TPSA) is 0 Å². The van der Waals surface area contributed by atoms with E-state index in [1.54, 1.807) is 0 Å². The van der Waals surface area contributed by atoms with Crippen LogP contribution in [0, 0.1) is 0 Å². The molecule has 33 heavy (non-hydrogen) atoms. The van der Waals surface area contributed by atoms with Crippen molar-refractivity contribution in [1.29, 1.82) is 0 Å². The monoisotopic (exact) mass is 462 g/mol. The Bertz CT molecular complexity index is 1280. The molecule has 0 aliphatic carbocycles. The molecule has 1 atom stereocenters. The quantitative estimate of drug-likeness (QED) is 0.174. The lowest BCUT2D eigenvalue weighted by Crippen LogP contribution is -2.24. The third-order valence-electron chi connectivity index (χ3n) is 6.17. The number of rotatable bonds is 6. The van der Waals surface area contributed by atoms with Gasteiger partial charge >= 0.3 is 0 Å². The molecule has 0 spiro atoms. The Kier molecular flexibility index (Phi) is 6.40. The summed E-state index contributed by atoms with van der Waals surface area (Å²) in [6.07, 6.45) is 0. The first-order chi connectivity index (χ1) is 16.3. The second-order valence-electron chi connectivity index (χ2n) is 8.04. The van der Waals surface area contributed by atoms with Crippen LogP contribution in [0.5, 0.6) is 0 Å². The molecule has 0 aromatic heterocycles. The van der Waals surface area contributed by atoms with Crippen molar-refractivity contribution in [3.8, 4) is 22.3 Å². The Morgan fingerprint density at radius 3 is 1.39 bits per heavy atom. The van der Waals surface area contributed by atoms with Gasteiger partial charge in [-0.25, -0.2) is 0 Å². The van der Waals surface area contributed by atoms with Gasteiger partial charge < -0.3 is 0 Å². The summed E-state index contributed by atoms with van der Waals surface area (Å²) in [5.74, 6) is 0. The summed E-state index contributed by atoms with van der Waals surface area (Å²) in [6.45, 7) is 0. The predicted molar refractivity (Wildman–Crippen MR) is 144 cm³/mol. The van der Waals surface area contributed by atoms with E-state index in [4.69, 9.17) is 11.2 Å². The second kappa shape index (κ2) is 9.75. The molecule has 0 nitrogen and oxygen atoms in total. The molecule has 0 aliphatic rings. The van der Waals surface area contributed by atoms with Crippen LogP contribution >= 0.6 is 19.2 Å². The van der Waals surface area contributed by atoms with Crippen molar-refractivity contribution in [2.24, 2.45) is 0 Å². The van der Waals surface area contributed by atoms with E-state index in [-0.39, 0.29) is 7.93 Å². The molecule has 0 amide bonds. The average Bonchev–Trinajstić information content (AvgIpc) is 2.91. The van der Waals surface area contributed by atoms with Gasteiger partial charge in [0.1, 0.15) is 0 Å². The van der Waals surface area contributed by atoms with Crippen LogP contribution in [0.25, 0.3) is 22.3 Å². The minimum absolute atomic E-state index is 0.119. The fourth-order valence-corrected chi connectivity index (χ4v) is 6.47. The van der Waals surface area contributed by atoms with Crippen molar-refractivity contribution >= 4 is 19.2 Å². The SMILES string of the molecule is ClPC(c1ccccc1)(c1ccccc1)c1cccc(-c2ccccc2)c1-c1ccccc1. The van der Waals surface area contributed by atoms with Gasteiger partial charge in [0.05, 0.1) is 5.16 Å². The first-order valence-electron chi connectivity index (χ1n) is 11.1. The van der Waals surface area contributed by atoms with Gasteiger partial charge in [0.15, 0.2) is 0 Å². The van der Waals surface area contributed by atoms with Gasteiger partial charge in [-0.15, -0.1) is 0 Å².